The number of carbonyl (C=O) groups excluding carboxylic acids is 5. The molecule has 15 heteroatoms. The van der Waals surface area contributed by atoms with Gasteiger partial charge in [0.25, 0.3) is 0 Å². The van der Waals surface area contributed by atoms with Crippen LogP contribution in [0.5, 0.6) is 0 Å². The Morgan fingerprint density at radius 2 is 0.990 bits per heavy atom. The van der Waals surface area contributed by atoms with E-state index in [1.165, 1.54) is 109 Å². The van der Waals surface area contributed by atoms with E-state index >= 15 is 0 Å². The van der Waals surface area contributed by atoms with Crippen molar-refractivity contribution in [2.24, 2.45) is 125 Å². The molecule has 1 spiro atoms. The van der Waals surface area contributed by atoms with E-state index in [0.717, 1.165) is 119 Å². The lowest BCUT2D eigenvalue weighted by Crippen LogP contribution is -2.53. The van der Waals surface area contributed by atoms with Crippen LogP contribution in [0.25, 0.3) is 0 Å². The Kier molecular flexibility index (Phi) is 24.8. The molecule has 15 atom stereocenters. The molecule has 3 heterocycles. The molecule has 0 aromatic heterocycles. The van der Waals surface area contributed by atoms with Gasteiger partial charge < -0.3 is 47.4 Å². The normalized spacial score (nSPS) is 38.4. The minimum Gasteiger partial charge on any atom is -0.438 e. The monoisotopic (exact) mass is 1380 g/mol. The Bertz CT molecular complexity index is 2660. The predicted octanol–water partition coefficient (Wildman–Crippen LogP) is 19.0. The molecule has 0 amide bonds. The van der Waals surface area contributed by atoms with Gasteiger partial charge in [-0.15, -0.1) is 0 Å². The zero-order valence-corrected chi connectivity index (χ0v) is 65.7. The van der Waals surface area contributed by atoms with Crippen LogP contribution in [-0.4, -0.2) is 94.3 Å². The van der Waals surface area contributed by atoms with Crippen molar-refractivity contribution in [3.8, 4) is 0 Å². The van der Waals surface area contributed by atoms with Gasteiger partial charge in [-0.25, -0.2) is 0 Å². The molecule has 15 nitrogen and oxygen atoms in total. The number of hydrogen-bond donors (Lipinski definition) is 0. The van der Waals surface area contributed by atoms with Gasteiger partial charge in [-0.1, -0.05) is 88.5 Å². The highest BCUT2D eigenvalue weighted by Gasteiger charge is 2.65. The molecular formula is C83H140O15. The molecule has 11 aliphatic carbocycles. The SMILES string of the molecule is CCC(C)(C)C(=O)OC1OC(C)CC12CCCCC2.CCC(C)(C)C(=O)OC1OCC2C3CCC(C3)C12.CCC(C)(C)C(=O)OC1OCC2C3CCC(C3)C12C.CCC(C)(C)C(=O)OCOC1C2(C)CCC(C2)C1(C)C.CCC(C)(C)C(=O)OCOCC1(C)C2CC3CC(C2)CC1C3. The van der Waals surface area contributed by atoms with Gasteiger partial charge in [0, 0.05) is 16.7 Å². The number of hydrogen-bond acceptors (Lipinski definition) is 15. The van der Waals surface area contributed by atoms with Gasteiger partial charge in [0.2, 0.25) is 18.9 Å². The van der Waals surface area contributed by atoms with Crippen LogP contribution in [0.2, 0.25) is 0 Å². The van der Waals surface area contributed by atoms with E-state index in [1.54, 1.807) is 0 Å². The minimum atomic E-state index is -0.419. The Labute approximate surface area is 594 Å². The minimum absolute atomic E-state index is 0.0718. The van der Waals surface area contributed by atoms with Crippen molar-refractivity contribution >= 4 is 29.8 Å². The lowest BCUT2D eigenvalue weighted by Gasteiger charge is -2.60. The van der Waals surface area contributed by atoms with E-state index in [2.05, 4.69) is 41.5 Å². The zero-order chi connectivity index (χ0) is 72.0. The van der Waals surface area contributed by atoms with Crippen molar-refractivity contribution in [3.05, 3.63) is 0 Å². The highest BCUT2D eigenvalue weighted by molar-refractivity contribution is 5.77. The summed E-state index contributed by atoms with van der Waals surface area (Å²) < 4.78 is 57.3. The molecule has 14 rings (SSSR count). The average molecular weight is 1380 g/mol. The van der Waals surface area contributed by atoms with Crippen molar-refractivity contribution in [1.82, 2.24) is 0 Å². The number of ether oxygens (including phenoxy) is 10. The summed E-state index contributed by atoms with van der Waals surface area (Å²) in [5.41, 5.74) is -1.10. The van der Waals surface area contributed by atoms with Crippen LogP contribution in [-0.2, 0) is 71.3 Å². The molecule has 0 N–H and O–H groups in total. The van der Waals surface area contributed by atoms with Crippen molar-refractivity contribution in [2.75, 3.05) is 33.4 Å². The van der Waals surface area contributed by atoms with Crippen molar-refractivity contribution in [2.45, 2.75) is 337 Å². The molecule has 562 valence electrons. The second kappa shape index (κ2) is 30.7. The number of carbonyl (C=O) groups is 5. The van der Waals surface area contributed by atoms with Crippen LogP contribution < -0.4 is 0 Å². The van der Waals surface area contributed by atoms with E-state index in [9.17, 15) is 24.0 Å². The Morgan fingerprint density at radius 1 is 0.480 bits per heavy atom. The lowest BCUT2D eigenvalue weighted by atomic mass is 9.46. The third-order valence-corrected chi connectivity index (χ3v) is 30.1. The van der Waals surface area contributed by atoms with Gasteiger partial charge in [-0.05, 0) is 299 Å². The van der Waals surface area contributed by atoms with Crippen LogP contribution in [0.15, 0.2) is 0 Å². The summed E-state index contributed by atoms with van der Waals surface area (Å²) in [6, 6.07) is 0. The molecule has 14 aliphatic rings. The fourth-order valence-electron chi connectivity index (χ4n) is 21.0. The molecule has 3 saturated heterocycles. The van der Waals surface area contributed by atoms with Crippen LogP contribution in [0.3, 0.4) is 0 Å². The highest BCUT2D eigenvalue weighted by atomic mass is 16.7. The fraction of sp³-hybridized carbons (Fsp3) is 0.940. The Balaban J connectivity index is 0.000000144. The second-order valence-electron chi connectivity index (χ2n) is 38.7. The molecule has 0 radical (unpaired) electrons. The highest BCUT2D eigenvalue weighted by Crippen LogP contribution is 2.66. The van der Waals surface area contributed by atoms with E-state index in [4.69, 9.17) is 47.4 Å². The summed E-state index contributed by atoms with van der Waals surface area (Å²) in [6.45, 7) is 45.7. The second-order valence-corrected chi connectivity index (χ2v) is 38.7. The topological polar surface area (TPSA) is 178 Å². The van der Waals surface area contributed by atoms with E-state index in [-0.39, 0.29) is 102 Å². The van der Waals surface area contributed by atoms with Crippen LogP contribution in [0.4, 0.5) is 0 Å². The maximum absolute atomic E-state index is 12.3. The van der Waals surface area contributed by atoms with Crippen LogP contribution >= 0.6 is 0 Å². The molecule has 11 saturated carbocycles. The molecule has 3 aliphatic heterocycles. The Morgan fingerprint density at radius 3 is 1.53 bits per heavy atom. The van der Waals surface area contributed by atoms with Gasteiger partial charge in [-0.3, -0.25) is 24.0 Å². The molecular weight excluding hydrogens is 1240 g/mol. The van der Waals surface area contributed by atoms with Gasteiger partial charge in [0.05, 0.1) is 59.1 Å². The fourth-order valence-corrected chi connectivity index (χ4v) is 21.0. The summed E-state index contributed by atoms with van der Waals surface area (Å²) in [6.07, 6.45) is 29.4. The van der Waals surface area contributed by atoms with Gasteiger partial charge in [0.15, 0.2) is 13.6 Å². The zero-order valence-electron chi connectivity index (χ0n) is 65.7. The predicted molar refractivity (Wildman–Crippen MR) is 380 cm³/mol. The molecule has 15 unspecified atom stereocenters. The lowest BCUT2D eigenvalue weighted by molar-refractivity contribution is -0.204. The summed E-state index contributed by atoms with van der Waals surface area (Å²) in [5, 5.41) is 0. The number of esters is 5. The Hall–Kier alpha value is -2.85. The maximum Gasteiger partial charge on any atom is 0.313 e. The van der Waals surface area contributed by atoms with Crippen molar-refractivity contribution in [1.29, 1.82) is 0 Å². The van der Waals surface area contributed by atoms with Gasteiger partial charge in [0.1, 0.15) is 0 Å². The quantitative estimate of drug-likeness (QED) is 0.0486. The number of rotatable bonds is 20. The summed E-state index contributed by atoms with van der Waals surface area (Å²) in [4.78, 5) is 60.7. The first kappa shape index (κ1) is 79.3. The summed E-state index contributed by atoms with van der Waals surface area (Å²) in [5.74, 6) is 8.56. The van der Waals surface area contributed by atoms with Gasteiger partial charge >= 0.3 is 29.8 Å². The molecule has 98 heavy (non-hydrogen) atoms. The smallest absolute Gasteiger partial charge is 0.313 e. The number of fused-ring (bicyclic) bond motifs is 12. The van der Waals surface area contributed by atoms with Crippen LogP contribution in [0.1, 0.15) is 306 Å². The van der Waals surface area contributed by atoms with E-state index in [1.807, 2.05) is 104 Å². The maximum atomic E-state index is 12.3. The summed E-state index contributed by atoms with van der Waals surface area (Å²) >= 11 is 0. The molecule has 10 bridgehead atoms. The van der Waals surface area contributed by atoms with Gasteiger partial charge in [-0.2, -0.15) is 0 Å². The average Bonchev–Trinajstić information content (AvgIpc) is 1.48. The van der Waals surface area contributed by atoms with Crippen molar-refractivity contribution < 1.29 is 71.3 Å². The first-order chi connectivity index (χ1) is 45.8. The van der Waals surface area contributed by atoms with Crippen LogP contribution in [0, 0.1) is 125 Å². The third kappa shape index (κ3) is 16.3. The molecule has 0 aromatic rings. The molecule has 14 fully saturated rings. The first-order valence-corrected chi connectivity index (χ1v) is 39.9. The largest absolute Gasteiger partial charge is 0.438 e. The molecule has 0 aromatic carbocycles. The third-order valence-electron chi connectivity index (χ3n) is 30.1. The first-order valence-electron chi connectivity index (χ1n) is 39.9. The summed E-state index contributed by atoms with van der Waals surface area (Å²) in [7, 11) is 0. The van der Waals surface area contributed by atoms with E-state index < -0.39 is 21.7 Å². The standard InChI is InChI=1S/C19H32O3.C17H30O3.C16H26O3.C16H28O3.C15H24O3/c1-5-18(2,3)17(20)22-12-21-11-19(4)15-7-13-6-14(9-15)10-16(19)8-13;1-7-15(2,3)14(18)20-11-19-13-16(4,5)12-8-9-17(13,6)10-12;1-5-15(2,3)13(17)19-14-16(4)11-7-6-10(8-11)12(16)9-18-14;1-5-15(3,4)13(17)19-14-16(11-12(2)18-14)9-7-6-8-10-16;1-4-15(2,3)14(16)18-13-12-10-6-5-9(7-10)11(12)8-17-13/h13-16H,5-12H2,1-4H3;12-13H,7-11H2,1-6H3;10-12,14H,5-9H2,1-4H3;12,14H,5-11H2,1-4H3;9-13H,4-8H2,1-3H3. The van der Waals surface area contributed by atoms with E-state index in [0.29, 0.717) is 29.1 Å². The van der Waals surface area contributed by atoms with Crippen molar-refractivity contribution in [3.63, 3.8) is 0 Å².